The summed E-state index contributed by atoms with van der Waals surface area (Å²) in [6, 6.07) is 8.61. The molecule has 2 aromatic rings. The summed E-state index contributed by atoms with van der Waals surface area (Å²) in [5.74, 6) is -2.11. The number of carbonyl (C=O) groups excluding carboxylic acids is 2. The van der Waals surface area contributed by atoms with E-state index in [9.17, 15) is 19.5 Å². The molecule has 1 aromatic carbocycles. The number of carboxylic acid groups (broad SMARTS) is 1. The maximum Gasteiger partial charge on any atom is 0.341 e. The van der Waals surface area contributed by atoms with Crippen molar-refractivity contribution < 1.29 is 24.2 Å². The number of anilines is 1. The number of ether oxygens (including phenoxy) is 1. The van der Waals surface area contributed by atoms with Gasteiger partial charge in [0.25, 0.3) is 0 Å². The Bertz CT molecular complexity index is 843. The molecule has 1 unspecified atom stereocenters. The fraction of sp³-hybridized carbons (Fsp3) is 0.316. The van der Waals surface area contributed by atoms with E-state index < -0.39 is 23.3 Å². The van der Waals surface area contributed by atoms with Crippen molar-refractivity contribution in [2.45, 2.75) is 32.6 Å². The molecule has 0 aliphatic carbocycles. The van der Waals surface area contributed by atoms with E-state index in [1.54, 1.807) is 37.3 Å². The van der Waals surface area contributed by atoms with Crippen molar-refractivity contribution in [2.75, 3.05) is 12.4 Å². The monoisotopic (exact) mass is 375 g/mol. The molecule has 0 aliphatic rings. The number of carbonyl (C=O) groups is 3. The molecule has 0 saturated carbocycles. The topological polar surface area (TPSA) is 92.7 Å². The summed E-state index contributed by atoms with van der Waals surface area (Å²) in [6.45, 7) is 5.13. The summed E-state index contributed by atoms with van der Waals surface area (Å²) in [7, 11) is 1.28. The Morgan fingerprint density at radius 3 is 2.35 bits per heavy atom. The first-order chi connectivity index (χ1) is 12.2. The third kappa shape index (κ3) is 3.77. The fourth-order valence-electron chi connectivity index (χ4n) is 2.66. The molecule has 0 saturated heterocycles. The van der Waals surface area contributed by atoms with Crippen molar-refractivity contribution in [3.63, 3.8) is 0 Å². The molecular formula is C19H21NO5S. The first kappa shape index (κ1) is 19.7. The van der Waals surface area contributed by atoms with Gasteiger partial charge >= 0.3 is 11.9 Å². The Kier molecular flexibility index (Phi) is 5.82. The molecular weight excluding hydrogens is 354 g/mol. The lowest BCUT2D eigenvalue weighted by Crippen LogP contribution is -2.36. The van der Waals surface area contributed by atoms with Crippen molar-refractivity contribution in [3.8, 4) is 0 Å². The van der Waals surface area contributed by atoms with Gasteiger partial charge in [0.2, 0.25) is 5.91 Å². The van der Waals surface area contributed by atoms with Crippen LogP contribution in [0.5, 0.6) is 0 Å². The standard InChI is InChI=1S/C19H21NO5S/c1-11-12(2)26-16(15(11)17(22)25-4)20-14(21)10-19(3,18(23)24)13-8-6-5-7-9-13/h5-9H,10H2,1-4H3,(H,20,21)(H,23,24). The van der Waals surface area contributed by atoms with Gasteiger partial charge in [-0.1, -0.05) is 30.3 Å². The second-order valence-corrected chi connectivity index (χ2v) is 7.43. The van der Waals surface area contributed by atoms with Gasteiger partial charge in [-0.15, -0.1) is 11.3 Å². The van der Waals surface area contributed by atoms with E-state index in [1.807, 2.05) is 6.92 Å². The molecule has 2 N–H and O–H groups in total. The summed E-state index contributed by atoms with van der Waals surface area (Å²) < 4.78 is 4.78. The summed E-state index contributed by atoms with van der Waals surface area (Å²) in [6.07, 6.45) is -0.261. The minimum Gasteiger partial charge on any atom is -0.481 e. The fourth-order valence-corrected chi connectivity index (χ4v) is 3.73. The lowest BCUT2D eigenvalue weighted by molar-refractivity contribution is -0.145. The van der Waals surface area contributed by atoms with Crippen molar-refractivity contribution in [3.05, 3.63) is 51.9 Å². The lowest BCUT2D eigenvalue weighted by atomic mass is 9.79. The first-order valence-electron chi connectivity index (χ1n) is 7.97. The average molecular weight is 375 g/mol. The average Bonchev–Trinajstić information content (AvgIpc) is 2.88. The maximum atomic E-state index is 12.6. The Morgan fingerprint density at radius 1 is 1.19 bits per heavy atom. The number of hydrogen-bond donors (Lipinski definition) is 2. The van der Waals surface area contributed by atoms with Crippen LogP contribution in [-0.4, -0.2) is 30.1 Å². The van der Waals surface area contributed by atoms with Gasteiger partial charge in [-0.25, -0.2) is 4.79 Å². The third-order valence-electron chi connectivity index (χ3n) is 4.42. The van der Waals surface area contributed by atoms with Gasteiger partial charge in [0.1, 0.15) is 5.00 Å². The Labute approximate surface area is 155 Å². The van der Waals surface area contributed by atoms with Gasteiger partial charge in [0.05, 0.1) is 18.1 Å². The second kappa shape index (κ2) is 7.70. The smallest absolute Gasteiger partial charge is 0.341 e. The molecule has 0 fully saturated rings. The van der Waals surface area contributed by atoms with E-state index in [-0.39, 0.29) is 6.42 Å². The van der Waals surface area contributed by atoms with Gasteiger partial charge in [0.15, 0.2) is 0 Å². The lowest BCUT2D eigenvalue weighted by Gasteiger charge is -2.24. The van der Waals surface area contributed by atoms with Gasteiger partial charge in [-0.05, 0) is 31.9 Å². The van der Waals surface area contributed by atoms with Crippen molar-refractivity contribution in [1.29, 1.82) is 0 Å². The number of hydrogen-bond acceptors (Lipinski definition) is 5. The molecule has 6 nitrogen and oxygen atoms in total. The molecule has 1 atom stereocenters. The van der Waals surface area contributed by atoms with Crippen LogP contribution in [0.3, 0.4) is 0 Å². The number of aryl methyl sites for hydroxylation is 1. The molecule has 1 heterocycles. The predicted molar refractivity (Wildman–Crippen MR) is 99.8 cm³/mol. The van der Waals surface area contributed by atoms with Gasteiger partial charge < -0.3 is 15.2 Å². The van der Waals surface area contributed by atoms with Gasteiger partial charge in [-0.3, -0.25) is 9.59 Å². The van der Waals surface area contributed by atoms with Crippen molar-refractivity contribution in [1.82, 2.24) is 0 Å². The highest BCUT2D eigenvalue weighted by Gasteiger charge is 2.38. The first-order valence-corrected chi connectivity index (χ1v) is 8.79. The number of aliphatic carboxylic acids is 1. The number of methoxy groups -OCH3 is 1. The Balaban J connectivity index is 2.29. The van der Waals surface area contributed by atoms with E-state index in [0.717, 1.165) is 10.4 Å². The minimum absolute atomic E-state index is 0.261. The van der Waals surface area contributed by atoms with Gasteiger partial charge in [0, 0.05) is 11.3 Å². The number of benzene rings is 1. The molecule has 0 bridgehead atoms. The quantitative estimate of drug-likeness (QED) is 0.754. The van der Waals surface area contributed by atoms with Crippen LogP contribution in [0.25, 0.3) is 0 Å². The van der Waals surface area contributed by atoms with Crippen LogP contribution in [-0.2, 0) is 19.7 Å². The Hall–Kier alpha value is -2.67. The predicted octanol–water partition coefficient (Wildman–Crippen LogP) is 3.52. The SMILES string of the molecule is COC(=O)c1c(NC(=O)CC(C)(C(=O)O)c2ccccc2)sc(C)c1C. The zero-order valence-corrected chi connectivity index (χ0v) is 15.9. The van der Waals surface area contributed by atoms with E-state index in [2.05, 4.69) is 5.32 Å². The third-order valence-corrected chi connectivity index (χ3v) is 5.55. The van der Waals surface area contributed by atoms with Crippen LogP contribution in [0.4, 0.5) is 5.00 Å². The van der Waals surface area contributed by atoms with Crippen molar-refractivity contribution >= 4 is 34.2 Å². The second-order valence-electron chi connectivity index (χ2n) is 6.21. The number of thiophene rings is 1. The number of carboxylic acids is 1. The Morgan fingerprint density at radius 2 is 1.81 bits per heavy atom. The number of nitrogens with one attached hydrogen (secondary N) is 1. The molecule has 0 spiro atoms. The molecule has 138 valence electrons. The summed E-state index contributed by atoms with van der Waals surface area (Å²) in [5, 5.41) is 12.7. The van der Waals surface area contributed by atoms with Crippen LogP contribution in [0.15, 0.2) is 30.3 Å². The zero-order valence-electron chi connectivity index (χ0n) is 15.1. The molecule has 0 radical (unpaired) electrons. The summed E-state index contributed by atoms with van der Waals surface area (Å²) in [4.78, 5) is 37.3. The van der Waals surface area contributed by atoms with E-state index in [1.165, 1.54) is 25.4 Å². The molecule has 0 aliphatic heterocycles. The van der Waals surface area contributed by atoms with Crippen LogP contribution < -0.4 is 5.32 Å². The van der Waals surface area contributed by atoms with E-state index in [4.69, 9.17) is 4.74 Å². The highest BCUT2D eigenvalue weighted by atomic mass is 32.1. The van der Waals surface area contributed by atoms with E-state index >= 15 is 0 Å². The van der Waals surface area contributed by atoms with Crippen LogP contribution in [0, 0.1) is 13.8 Å². The molecule has 1 aromatic heterocycles. The van der Waals surface area contributed by atoms with Gasteiger partial charge in [-0.2, -0.15) is 0 Å². The summed E-state index contributed by atoms with van der Waals surface area (Å²) >= 11 is 1.26. The zero-order chi connectivity index (χ0) is 19.5. The number of esters is 1. The van der Waals surface area contributed by atoms with Crippen LogP contribution in [0.1, 0.15) is 39.7 Å². The number of amides is 1. The van der Waals surface area contributed by atoms with E-state index in [0.29, 0.717) is 16.1 Å². The summed E-state index contributed by atoms with van der Waals surface area (Å²) in [5.41, 5.74) is 0.202. The maximum absolute atomic E-state index is 12.6. The molecule has 1 amide bonds. The van der Waals surface area contributed by atoms with Crippen LogP contribution >= 0.6 is 11.3 Å². The minimum atomic E-state index is -1.38. The van der Waals surface area contributed by atoms with Crippen molar-refractivity contribution in [2.24, 2.45) is 0 Å². The highest BCUT2D eigenvalue weighted by Crippen LogP contribution is 2.34. The normalized spacial score (nSPS) is 12.9. The van der Waals surface area contributed by atoms with Crippen LogP contribution in [0.2, 0.25) is 0 Å². The molecule has 26 heavy (non-hydrogen) atoms. The number of rotatable bonds is 6. The highest BCUT2D eigenvalue weighted by molar-refractivity contribution is 7.16. The largest absolute Gasteiger partial charge is 0.481 e. The molecule has 7 heteroatoms. The molecule has 2 rings (SSSR count).